The maximum atomic E-state index is 13.0. The van der Waals surface area contributed by atoms with Crippen LogP contribution < -0.4 is 21.7 Å². The minimum atomic E-state index is -1.24. The molecule has 3 unspecified atom stereocenters. The highest BCUT2D eigenvalue weighted by atomic mass is 32.1. The van der Waals surface area contributed by atoms with Crippen molar-refractivity contribution in [2.45, 2.75) is 104 Å². The number of amides is 2. The molecule has 1 aromatic carbocycles. The largest absolute Gasteiger partial charge is 0.477 e. The van der Waals surface area contributed by atoms with Crippen molar-refractivity contribution in [1.29, 1.82) is 0 Å². The predicted octanol–water partition coefficient (Wildman–Crippen LogP) is 4.98. The summed E-state index contributed by atoms with van der Waals surface area (Å²) in [6, 6.07) is 8.22. The smallest absolute Gasteiger partial charge is 0.352 e. The number of nitrogens with one attached hydrogen (secondary N) is 3. The molecule has 0 radical (unpaired) electrons. The van der Waals surface area contributed by atoms with E-state index in [2.05, 4.69) is 64.0 Å². The first-order chi connectivity index (χ1) is 24.3. The third-order valence-electron chi connectivity index (χ3n) is 8.59. The molecule has 4 atom stereocenters. The fourth-order valence-corrected chi connectivity index (χ4v) is 6.73. The van der Waals surface area contributed by atoms with Gasteiger partial charge in [-0.15, -0.1) is 16.5 Å². The number of nitrogens with zero attached hydrogens (tertiary/aromatic N) is 3. The van der Waals surface area contributed by atoms with Crippen molar-refractivity contribution in [3.8, 4) is 0 Å². The molecule has 2 amide bonds. The van der Waals surface area contributed by atoms with Gasteiger partial charge in [-0.25, -0.2) is 9.78 Å². The van der Waals surface area contributed by atoms with Gasteiger partial charge in [0.25, 0.3) is 5.91 Å². The molecule has 4 rings (SSSR count). The van der Waals surface area contributed by atoms with E-state index in [0.717, 1.165) is 25.4 Å². The summed E-state index contributed by atoms with van der Waals surface area (Å²) >= 11 is 1.23. The lowest BCUT2D eigenvalue weighted by Crippen LogP contribution is -2.70. The van der Waals surface area contributed by atoms with Crippen molar-refractivity contribution in [3.05, 3.63) is 69.4 Å². The van der Waals surface area contributed by atoms with Gasteiger partial charge in [-0.2, -0.15) is 0 Å². The van der Waals surface area contributed by atoms with Gasteiger partial charge in [0.05, 0.1) is 18.2 Å². The number of anilines is 1. The van der Waals surface area contributed by atoms with Gasteiger partial charge >= 0.3 is 5.97 Å². The van der Waals surface area contributed by atoms with Crippen LogP contribution in [-0.4, -0.2) is 76.2 Å². The van der Waals surface area contributed by atoms with Crippen LogP contribution in [0.4, 0.5) is 5.13 Å². The molecule has 2 saturated heterocycles. The first kappa shape index (κ1) is 42.8. The van der Waals surface area contributed by atoms with E-state index >= 15 is 0 Å². The second kappa shape index (κ2) is 21.7. The number of Topliss-reactive ketones (excluding diaryl/α,β-unsaturated/α-hetero) is 1. The highest BCUT2D eigenvalue weighted by Crippen LogP contribution is 2.32. The van der Waals surface area contributed by atoms with E-state index in [1.807, 2.05) is 20.9 Å². The van der Waals surface area contributed by atoms with Crippen LogP contribution in [0.5, 0.6) is 0 Å². The number of carbonyl (C=O) groups excluding carboxylic acids is 3. The van der Waals surface area contributed by atoms with Gasteiger partial charge in [0, 0.05) is 24.7 Å². The first-order valence-corrected chi connectivity index (χ1v) is 18.3. The zero-order valence-electron chi connectivity index (χ0n) is 30.7. The van der Waals surface area contributed by atoms with Crippen molar-refractivity contribution >= 4 is 46.8 Å². The Kier molecular flexibility index (Phi) is 18.2. The quantitative estimate of drug-likeness (QED) is 0.0364. The number of nitrogen functional groups attached to an aromatic ring is 1. The number of rotatable bonds is 15. The van der Waals surface area contributed by atoms with Gasteiger partial charge in [0.15, 0.2) is 10.9 Å². The molecule has 280 valence electrons. The number of carboxylic acids is 1. The highest BCUT2D eigenvalue weighted by molar-refractivity contribution is 7.13. The summed E-state index contributed by atoms with van der Waals surface area (Å²) in [5.74, 6) is -1.40. The van der Waals surface area contributed by atoms with Crippen LogP contribution in [0.15, 0.2) is 57.7 Å². The van der Waals surface area contributed by atoms with Crippen LogP contribution in [0.3, 0.4) is 0 Å². The summed E-state index contributed by atoms with van der Waals surface area (Å²) in [5, 5.41) is 30.8. The Labute approximate surface area is 305 Å². The monoisotopic (exact) mass is 725 g/mol. The molecule has 0 spiro atoms. The second-order valence-corrected chi connectivity index (χ2v) is 13.6. The Balaban J connectivity index is 0.000000412. The molecule has 2 aromatic rings. The Hall–Kier alpha value is -4.40. The molecule has 0 bridgehead atoms. The topological polar surface area (TPSA) is 199 Å². The minimum absolute atomic E-state index is 0.0140. The summed E-state index contributed by atoms with van der Waals surface area (Å²) in [5.41, 5.74) is 9.71. The highest BCUT2D eigenvalue weighted by Gasteiger charge is 2.51. The second-order valence-electron chi connectivity index (χ2n) is 12.7. The van der Waals surface area contributed by atoms with E-state index in [1.165, 1.54) is 40.7 Å². The molecule has 3 heterocycles. The number of hydrogen-bond acceptors (Lipinski definition) is 11. The number of nitrogens with two attached hydrogens (primary N) is 1. The molecule has 14 heteroatoms. The van der Waals surface area contributed by atoms with Gasteiger partial charge in [-0.3, -0.25) is 19.3 Å². The van der Waals surface area contributed by atoms with Crippen LogP contribution >= 0.6 is 11.3 Å². The van der Waals surface area contributed by atoms with E-state index in [0.29, 0.717) is 53.7 Å². The van der Waals surface area contributed by atoms with Crippen LogP contribution in [0.1, 0.15) is 96.0 Å². The number of allylic oxidation sites excluding steroid dienone is 3. The summed E-state index contributed by atoms with van der Waals surface area (Å²) in [6.45, 7) is 14.2. The molecule has 7 N–H and O–H groups in total. The van der Waals surface area contributed by atoms with E-state index in [1.54, 1.807) is 18.4 Å². The number of oxime groups is 1. The van der Waals surface area contributed by atoms with Crippen LogP contribution in [0.25, 0.3) is 0 Å². The molecule has 0 aliphatic carbocycles. The molecule has 1 aromatic heterocycles. The van der Waals surface area contributed by atoms with E-state index in [4.69, 9.17) is 10.9 Å². The Morgan fingerprint density at radius 3 is 2.33 bits per heavy atom. The number of hydrogen-bond donors (Lipinski definition) is 6. The predicted molar refractivity (Wildman–Crippen MR) is 201 cm³/mol. The summed E-state index contributed by atoms with van der Waals surface area (Å²) < 4.78 is 0. The number of aromatic nitrogens is 1. The van der Waals surface area contributed by atoms with E-state index < -0.39 is 24.0 Å². The number of benzene rings is 1. The van der Waals surface area contributed by atoms with Crippen LogP contribution in [0.2, 0.25) is 0 Å². The van der Waals surface area contributed by atoms with Gasteiger partial charge in [0.1, 0.15) is 11.7 Å². The van der Waals surface area contributed by atoms with Crippen molar-refractivity contribution in [3.63, 3.8) is 0 Å². The zero-order valence-corrected chi connectivity index (χ0v) is 31.5. The maximum Gasteiger partial charge on any atom is 0.352 e. The summed E-state index contributed by atoms with van der Waals surface area (Å²) in [4.78, 5) is 55.1. The van der Waals surface area contributed by atoms with Crippen molar-refractivity contribution < 1.29 is 29.5 Å². The number of carboxylic acid groups (broad SMARTS) is 1. The first-order valence-electron chi connectivity index (χ1n) is 17.4. The van der Waals surface area contributed by atoms with Gasteiger partial charge < -0.3 is 32.0 Å². The fraction of sp³-hybridized carbons (Fsp3) is 0.514. The Morgan fingerprint density at radius 1 is 1.20 bits per heavy atom. The Morgan fingerprint density at radius 2 is 1.86 bits per heavy atom. The van der Waals surface area contributed by atoms with Crippen molar-refractivity contribution in [1.82, 2.24) is 25.8 Å². The lowest BCUT2D eigenvalue weighted by Gasteiger charge is -2.47. The van der Waals surface area contributed by atoms with Gasteiger partial charge in [-0.05, 0) is 80.5 Å². The number of β-lactam (4-membered cyclic amide) rings is 1. The lowest BCUT2D eigenvalue weighted by atomic mass is 9.88. The number of aliphatic carboxylic acids is 1. The number of likely N-dealkylation sites (tertiary alicyclic amines) is 1. The average molecular weight is 726 g/mol. The van der Waals surface area contributed by atoms with Crippen LogP contribution in [0, 0.1) is 5.92 Å². The third kappa shape index (κ3) is 12.7. The third-order valence-corrected chi connectivity index (χ3v) is 9.32. The standard InChI is InChI=1S/C23H32N4O5S.C13H20N2.CH3NO/c1-5-8-15(13(4)28)10-14(7-3)20(22(31)32)27-17(9-6-2)19(21(27)30)26-18(29)11-16-12-33-23(24)25-16;1-10-7-13(15-8-10)12-5-3-11(4-6-12)9-14-2;1-2-3/h10,12,17,19H,5-9,11H2,1-4H3,(H2,24,25)(H,26,29)(H,31,32);3-6,10,13-15H,7-9H2,1-2H3;3H,1H2/b15-10+,20-14+;;/t;10?,13-;/m.1./s1. The molecular formula is C37H55N7O6S. The molecule has 2 aliphatic heterocycles. The maximum absolute atomic E-state index is 13.0. The lowest BCUT2D eigenvalue weighted by molar-refractivity contribution is -0.155. The molecule has 2 aliphatic rings. The molecule has 2 fully saturated rings. The molecular weight excluding hydrogens is 671 g/mol. The normalized spacial score (nSPS) is 20.2. The Bertz CT molecular complexity index is 1540. The van der Waals surface area contributed by atoms with E-state index in [-0.39, 0.29) is 23.8 Å². The summed E-state index contributed by atoms with van der Waals surface area (Å²) in [7, 11) is 1.98. The van der Waals surface area contributed by atoms with Crippen molar-refractivity contribution in [2.24, 2.45) is 11.1 Å². The van der Waals surface area contributed by atoms with E-state index in [9.17, 15) is 24.3 Å². The average Bonchev–Trinajstić information content (AvgIpc) is 3.72. The molecule has 13 nitrogen and oxygen atoms in total. The molecule has 51 heavy (non-hydrogen) atoms. The number of thiazole rings is 1. The number of ketones is 1. The van der Waals surface area contributed by atoms with Gasteiger partial charge in [-0.1, -0.05) is 64.8 Å². The SMILES string of the molecule is C=NO.CCC/C(=C\C(CC)=C(/C(=O)O)N1C(=O)C(NC(=O)Cc2csc(N)n2)C1CCC)C(C)=O.CNCc1ccc([C@H]2CC(C)CN2)cc1. The van der Waals surface area contributed by atoms with Crippen molar-refractivity contribution in [2.75, 3.05) is 19.3 Å². The molecule has 0 saturated carbocycles. The minimum Gasteiger partial charge on any atom is -0.477 e. The number of carbonyl (C=O) groups is 4. The zero-order chi connectivity index (χ0) is 38.1. The van der Waals surface area contributed by atoms with Gasteiger partial charge in [0.2, 0.25) is 5.91 Å². The fourth-order valence-electron chi connectivity index (χ4n) is 6.16. The summed E-state index contributed by atoms with van der Waals surface area (Å²) in [6.07, 6.45) is 5.68. The van der Waals surface area contributed by atoms with Crippen LogP contribution in [-0.2, 0) is 32.1 Å².